The van der Waals surface area contributed by atoms with E-state index in [9.17, 15) is 4.79 Å². The van der Waals surface area contributed by atoms with Crippen molar-refractivity contribution in [3.63, 3.8) is 0 Å². The first-order chi connectivity index (χ1) is 8.84. The maximum Gasteiger partial charge on any atom is 0.228 e. The van der Waals surface area contributed by atoms with Gasteiger partial charge in [0.25, 0.3) is 0 Å². The fourth-order valence-corrected chi connectivity index (χ4v) is 3.29. The molecule has 1 saturated heterocycles. The van der Waals surface area contributed by atoms with Gasteiger partial charge in [0, 0.05) is 12.6 Å². The van der Waals surface area contributed by atoms with E-state index in [0.717, 1.165) is 25.8 Å². The van der Waals surface area contributed by atoms with Crippen LogP contribution in [0.5, 0.6) is 0 Å². The van der Waals surface area contributed by atoms with E-state index in [0.29, 0.717) is 17.9 Å². The fourth-order valence-electron chi connectivity index (χ4n) is 3.29. The first-order valence-corrected chi connectivity index (χ1v) is 7.80. The molecule has 2 nitrogen and oxygen atoms in total. The third kappa shape index (κ3) is 3.15. The van der Waals surface area contributed by atoms with E-state index >= 15 is 0 Å². The molecular weight excluding hydrogens is 222 g/mol. The number of unbranched alkanes of at least 4 members (excludes halogenated alkanes) is 4. The summed E-state index contributed by atoms with van der Waals surface area (Å²) >= 11 is 0. The van der Waals surface area contributed by atoms with Crippen molar-refractivity contribution in [1.29, 1.82) is 0 Å². The van der Waals surface area contributed by atoms with Gasteiger partial charge in [0.1, 0.15) is 0 Å². The average Bonchev–Trinajstić information content (AvgIpc) is 2.35. The van der Waals surface area contributed by atoms with Crippen molar-refractivity contribution in [2.75, 3.05) is 6.54 Å². The monoisotopic (exact) mass is 249 g/mol. The van der Waals surface area contributed by atoms with Gasteiger partial charge in [0.2, 0.25) is 5.91 Å². The number of β-lactam (4-membered cyclic amide) rings is 1. The Labute approximate surface area is 111 Å². The van der Waals surface area contributed by atoms with Crippen molar-refractivity contribution in [3.05, 3.63) is 12.2 Å². The number of amides is 1. The maximum absolute atomic E-state index is 12.1. The van der Waals surface area contributed by atoms with E-state index in [1.54, 1.807) is 0 Å². The molecule has 102 valence electrons. The van der Waals surface area contributed by atoms with Crippen molar-refractivity contribution in [2.45, 2.75) is 70.8 Å². The summed E-state index contributed by atoms with van der Waals surface area (Å²) < 4.78 is 0. The number of hydrogen-bond donors (Lipinski definition) is 0. The minimum Gasteiger partial charge on any atom is -0.339 e. The number of carbonyl (C=O) groups is 1. The van der Waals surface area contributed by atoms with Crippen LogP contribution in [-0.2, 0) is 4.79 Å². The van der Waals surface area contributed by atoms with Crippen LogP contribution in [0.2, 0.25) is 0 Å². The number of rotatable bonds is 6. The molecule has 0 aromatic carbocycles. The minimum absolute atomic E-state index is 0.352. The molecule has 0 N–H and O–H groups in total. The number of fused-ring (bicyclic) bond motifs is 1. The fraction of sp³-hybridized carbons (Fsp3) is 0.812. The van der Waals surface area contributed by atoms with Gasteiger partial charge in [-0.25, -0.2) is 0 Å². The lowest BCUT2D eigenvalue weighted by molar-refractivity contribution is -0.157. The smallest absolute Gasteiger partial charge is 0.228 e. The molecule has 0 aromatic heterocycles. The summed E-state index contributed by atoms with van der Waals surface area (Å²) in [5.74, 6) is 0.788. The molecule has 0 spiro atoms. The van der Waals surface area contributed by atoms with Gasteiger partial charge < -0.3 is 4.90 Å². The Morgan fingerprint density at radius 1 is 1.11 bits per heavy atom. The van der Waals surface area contributed by atoms with Crippen LogP contribution in [0.4, 0.5) is 0 Å². The second-order valence-corrected chi connectivity index (χ2v) is 5.75. The maximum atomic E-state index is 12.1. The molecule has 0 saturated carbocycles. The molecule has 2 atom stereocenters. The van der Waals surface area contributed by atoms with Gasteiger partial charge in [0.15, 0.2) is 0 Å². The summed E-state index contributed by atoms with van der Waals surface area (Å²) in [4.78, 5) is 14.2. The molecular formula is C16H27NO. The zero-order valence-electron chi connectivity index (χ0n) is 11.7. The highest BCUT2D eigenvalue weighted by Crippen LogP contribution is 2.35. The number of carbonyl (C=O) groups excluding carboxylic acids is 1. The lowest BCUT2D eigenvalue weighted by Crippen LogP contribution is -2.61. The number of likely N-dealkylation sites (tertiary alicyclic amines) is 1. The molecule has 18 heavy (non-hydrogen) atoms. The zero-order valence-corrected chi connectivity index (χ0v) is 11.7. The standard InChI is InChI=1S/C16H27NO/c1-2-3-4-7-10-13-17-15-12-9-6-5-8-11-14(15)16(17)18/h5-6,14-15H,2-4,7-13H2,1H3/b6-5-. The first kappa shape index (κ1) is 13.6. The Hall–Kier alpha value is -0.790. The summed E-state index contributed by atoms with van der Waals surface area (Å²) in [6.45, 7) is 3.25. The lowest BCUT2D eigenvalue weighted by Gasteiger charge is -2.48. The zero-order chi connectivity index (χ0) is 12.8. The Balaban J connectivity index is 1.72. The second kappa shape index (κ2) is 6.96. The number of allylic oxidation sites excluding steroid dienone is 2. The van der Waals surface area contributed by atoms with Crippen LogP contribution in [0.25, 0.3) is 0 Å². The van der Waals surface area contributed by atoms with Crippen LogP contribution in [0.3, 0.4) is 0 Å². The van der Waals surface area contributed by atoms with E-state index in [1.165, 1.54) is 38.5 Å². The highest BCUT2D eigenvalue weighted by Gasteiger charge is 2.45. The molecule has 2 rings (SSSR count). The minimum atomic E-state index is 0.352. The Kier molecular flexibility index (Phi) is 5.27. The van der Waals surface area contributed by atoms with Crippen molar-refractivity contribution in [2.24, 2.45) is 5.92 Å². The topological polar surface area (TPSA) is 20.3 Å². The molecule has 1 heterocycles. The summed E-state index contributed by atoms with van der Waals surface area (Å²) in [7, 11) is 0. The quantitative estimate of drug-likeness (QED) is 0.397. The van der Waals surface area contributed by atoms with Gasteiger partial charge in [-0.2, -0.15) is 0 Å². The highest BCUT2D eigenvalue weighted by molar-refractivity contribution is 5.86. The Morgan fingerprint density at radius 2 is 1.83 bits per heavy atom. The molecule has 1 fully saturated rings. The lowest BCUT2D eigenvalue weighted by atomic mass is 9.79. The molecule has 0 bridgehead atoms. The second-order valence-electron chi connectivity index (χ2n) is 5.75. The van der Waals surface area contributed by atoms with Gasteiger partial charge in [-0.3, -0.25) is 4.79 Å². The van der Waals surface area contributed by atoms with Crippen LogP contribution in [-0.4, -0.2) is 23.4 Å². The first-order valence-electron chi connectivity index (χ1n) is 7.80. The molecule has 1 aliphatic carbocycles. The molecule has 2 heteroatoms. The van der Waals surface area contributed by atoms with Crippen LogP contribution in [0.1, 0.15) is 64.7 Å². The third-order valence-corrected chi connectivity index (χ3v) is 4.41. The van der Waals surface area contributed by atoms with Crippen LogP contribution in [0, 0.1) is 5.92 Å². The van der Waals surface area contributed by atoms with Crippen LogP contribution in [0.15, 0.2) is 12.2 Å². The van der Waals surface area contributed by atoms with E-state index < -0.39 is 0 Å². The largest absolute Gasteiger partial charge is 0.339 e. The summed E-state index contributed by atoms with van der Waals surface area (Å²) in [5.41, 5.74) is 0. The van der Waals surface area contributed by atoms with Gasteiger partial charge in [-0.15, -0.1) is 0 Å². The van der Waals surface area contributed by atoms with Crippen molar-refractivity contribution in [3.8, 4) is 0 Å². The predicted octanol–water partition coefficient (Wildman–Crippen LogP) is 3.91. The Bertz CT molecular complexity index is 297. The van der Waals surface area contributed by atoms with E-state index in [2.05, 4.69) is 24.0 Å². The molecule has 2 unspecified atom stereocenters. The van der Waals surface area contributed by atoms with Gasteiger partial charge in [0.05, 0.1) is 5.92 Å². The van der Waals surface area contributed by atoms with Crippen molar-refractivity contribution >= 4 is 5.91 Å². The van der Waals surface area contributed by atoms with E-state index in [-0.39, 0.29) is 0 Å². The normalized spacial score (nSPS) is 29.2. The molecule has 1 amide bonds. The van der Waals surface area contributed by atoms with Gasteiger partial charge in [-0.1, -0.05) is 44.8 Å². The van der Waals surface area contributed by atoms with Crippen LogP contribution < -0.4 is 0 Å². The highest BCUT2D eigenvalue weighted by atomic mass is 16.2. The Morgan fingerprint density at radius 3 is 2.61 bits per heavy atom. The number of nitrogens with zero attached hydrogens (tertiary/aromatic N) is 1. The van der Waals surface area contributed by atoms with E-state index in [4.69, 9.17) is 0 Å². The van der Waals surface area contributed by atoms with Gasteiger partial charge in [-0.05, 0) is 32.1 Å². The third-order valence-electron chi connectivity index (χ3n) is 4.41. The SMILES string of the molecule is CCCCCCCN1C(=O)C2CC/C=C\CCC21. The van der Waals surface area contributed by atoms with Crippen LogP contribution >= 0.6 is 0 Å². The summed E-state index contributed by atoms with van der Waals surface area (Å²) in [5, 5.41) is 0. The molecule has 0 aromatic rings. The average molecular weight is 249 g/mol. The van der Waals surface area contributed by atoms with Gasteiger partial charge >= 0.3 is 0 Å². The number of hydrogen-bond acceptors (Lipinski definition) is 1. The summed E-state index contributed by atoms with van der Waals surface area (Å²) in [6, 6.07) is 0.564. The van der Waals surface area contributed by atoms with Crippen molar-refractivity contribution < 1.29 is 4.79 Å². The molecule has 1 aliphatic heterocycles. The molecule has 2 aliphatic rings. The molecule has 0 radical (unpaired) electrons. The van der Waals surface area contributed by atoms with E-state index in [1.807, 2.05) is 0 Å². The van der Waals surface area contributed by atoms with Crippen molar-refractivity contribution in [1.82, 2.24) is 4.90 Å². The predicted molar refractivity (Wildman–Crippen MR) is 75.4 cm³/mol. The summed E-state index contributed by atoms with van der Waals surface area (Å²) in [6.07, 6.45) is 15.5.